The summed E-state index contributed by atoms with van der Waals surface area (Å²) in [7, 11) is 1.66. The Labute approximate surface area is 196 Å². The summed E-state index contributed by atoms with van der Waals surface area (Å²) in [5, 5.41) is 6.02. The van der Waals surface area contributed by atoms with Crippen molar-refractivity contribution in [2.75, 3.05) is 7.11 Å². The van der Waals surface area contributed by atoms with Crippen LogP contribution in [0.5, 0.6) is 5.75 Å². The average Bonchev–Trinajstić information content (AvgIpc) is 3.23. The number of nitrogens with zero attached hydrogens (tertiary/aromatic N) is 4. The number of hydrogen-bond donors (Lipinski definition) is 0. The summed E-state index contributed by atoms with van der Waals surface area (Å²) in [5.74, 6) is 0.827. The molecule has 0 unspecified atom stereocenters. The van der Waals surface area contributed by atoms with Crippen LogP contribution in [0.4, 0.5) is 0 Å². The molecule has 0 saturated heterocycles. The van der Waals surface area contributed by atoms with Gasteiger partial charge in [-0.25, -0.2) is 9.50 Å². The number of aryl methyl sites for hydroxylation is 3. The molecule has 0 aliphatic carbocycles. The number of aromatic nitrogens is 4. The zero-order valence-electron chi connectivity index (χ0n) is 18.5. The van der Waals surface area contributed by atoms with E-state index in [1.54, 1.807) is 22.4 Å². The predicted molar refractivity (Wildman–Crippen MR) is 131 cm³/mol. The van der Waals surface area contributed by atoms with E-state index in [4.69, 9.17) is 21.4 Å². The summed E-state index contributed by atoms with van der Waals surface area (Å²) >= 11 is 6.08. The van der Waals surface area contributed by atoms with Crippen molar-refractivity contribution in [1.29, 1.82) is 0 Å². The summed E-state index contributed by atoms with van der Waals surface area (Å²) in [6.45, 7) is 2.61. The van der Waals surface area contributed by atoms with Crippen molar-refractivity contribution >= 4 is 28.2 Å². The van der Waals surface area contributed by atoms with Crippen LogP contribution < -0.4 is 10.3 Å². The van der Waals surface area contributed by atoms with Crippen molar-refractivity contribution in [3.05, 3.63) is 93.6 Å². The number of methoxy groups -OCH3 is 1. The minimum absolute atomic E-state index is 0.0848. The third-order valence-corrected chi connectivity index (χ3v) is 6.19. The number of benzene rings is 2. The Kier molecular flexibility index (Phi) is 5.60. The highest BCUT2D eigenvalue weighted by Gasteiger charge is 2.18. The van der Waals surface area contributed by atoms with E-state index >= 15 is 0 Å². The number of hydrogen-bond acceptors (Lipinski definition) is 4. The lowest BCUT2D eigenvalue weighted by molar-refractivity contribution is 0.408. The molecule has 0 bridgehead atoms. The van der Waals surface area contributed by atoms with Crippen LogP contribution in [0.2, 0.25) is 5.02 Å². The second-order valence-electron chi connectivity index (χ2n) is 7.85. The molecule has 0 amide bonds. The molecular formula is C26H23ClN4O2. The fraction of sp³-hybridized carbons (Fsp3) is 0.192. The van der Waals surface area contributed by atoms with Gasteiger partial charge in [-0.1, -0.05) is 48.9 Å². The van der Waals surface area contributed by atoms with Crippen LogP contribution in [0, 0.1) is 0 Å². The van der Waals surface area contributed by atoms with Gasteiger partial charge in [0.2, 0.25) is 0 Å². The van der Waals surface area contributed by atoms with Crippen LogP contribution in [0.25, 0.3) is 27.7 Å². The fourth-order valence-corrected chi connectivity index (χ4v) is 4.37. The van der Waals surface area contributed by atoms with Gasteiger partial charge in [0.05, 0.1) is 23.7 Å². The Morgan fingerprint density at radius 2 is 1.85 bits per heavy atom. The van der Waals surface area contributed by atoms with Crippen LogP contribution >= 0.6 is 11.6 Å². The van der Waals surface area contributed by atoms with Crippen molar-refractivity contribution in [3.63, 3.8) is 0 Å². The Hall–Kier alpha value is -3.64. The molecule has 7 heteroatoms. The summed E-state index contributed by atoms with van der Waals surface area (Å²) in [6, 6.07) is 17.5. The van der Waals surface area contributed by atoms with Crippen molar-refractivity contribution in [3.8, 4) is 16.9 Å². The summed E-state index contributed by atoms with van der Waals surface area (Å²) in [5.41, 5.74) is 5.35. The number of fused-ring (bicyclic) bond motifs is 3. The number of pyridine rings is 1. The lowest BCUT2D eigenvalue weighted by Gasteiger charge is -2.10. The molecular weight excluding hydrogens is 436 g/mol. The molecule has 0 saturated carbocycles. The molecule has 0 radical (unpaired) electrons. The zero-order valence-corrected chi connectivity index (χ0v) is 19.2. The quantitative estimate of drug-likeness (QED) is 0.352. The van der Waals surface area contributed by atoms with Gasteiger partial charge in [-0.2, -0.15) is 5.10 Å². The second-order valence-corrected chi connectivity index (χ2v) is 8.29. The van der Waals surface area contributed by atoms with Gasteiger partial charge >= 0.3 is 0 Å². The number of rotatable bonds is 6. The second kappa shape index (κ2) is 8.71. The Balaban J connectivity index is 1.58. The van der Waals surface area contributed by atoms with Crippen molar-refractivity contribution in [2.45, 2.75) is 26.3 Å². The van der Waals surface area contributed by atoms with Crippen LogP contribution in [-0.4, -0.2) is 26.3 Å². The molecule has 0 aliphatic heterocycles. The molecule has 0 aliphatic rings. The molecule has 0 N–H and O–H groups in total. The maximum Gasteiger partial charge on any atom is 0.261 e. The van der Waals surface area contributed by atoms with E-state index in [2.05, 4.69) is 11.9 Å². The van der Waals surface area contributed by atoms with Crippen LogP contribution in [0.3, 0.4) is 0 Å². The normalized spacial score (nSPS) is 11.4. The summed E-state index contributed by atoms with van der Waals surface area (Å²) in [4.78, 5) is 17.9. The van der Waals surface area contributed by atoms with Gasteiger partial charge < -0.3 is 9.30 Å². The molecule has 0 atom stereocenters. The fourth-order valence-electron chi connectivity index (χ4n) is 4.24. The van der Waals surface area contributed by atoms with E-state index in [1.807, 2.05) is 60.8 Å². The Bertz CT molecular complexity index is 1520. The topological polar surface area (TPSA) is 61.4 Å². The van der Waals surface area contributed by atoms with Gasteiger partial charge in [0.15, 0.2) is 5.65 Å². The number of ether oxygens (including phenoxy) is 1. The highest BCUT2D eigenvalue weighted by Crippen LogP contribution is 2.30. The molecule has 3 aromatic heterocycles. The van der Waals surface area contributed by atoms with Crippen molar-refractivity contribution < 1.29 is 4.74 Å². The Morgan fingerprint density at radius 3 is 2.61 bits per heavy atom. The highest BCUT2D eigenvalue weighted by molar-refractivity contribution is 6.30. The van der Waals surface area contributed by atoms with E-state index in [0.29, 0.717) is 23.4 Å². The highest BCUT2D eigenvalue weighted by atomic mass is 35.5. The molecule has 2 aromatic carbocycles. The zero-order chi connectivity index (χ0) is 22.9. The van der Waals surface area contributed by atoms with E-state index in [-0.39, 0.29) is 5.56 Å². The van der Waals surface area contributed by atoms with Gasteiger partial charge in [-0.3, -0.25) is 4.79 Å². The molecule has 0 fully saturated rings. The van der Waals surface area contributed by atoms with Crippen molar-refractivity contribution in [2.24, 2.45) is 0 Å². The first-order valence-electron chi connectivity index (χ1n) is 10.9. The van der Waals surface area contributed by atoms with Gasteiger partial charge in [0.25, 0.3) is 5.56 Å². The molecule has 166 valence electrons. The standard InChI is InChI=1S/C26H23ClN4O2/c1-3-21-24(18-8-10-19(27)11-9-18)25-28-16-20-22(31(25)29-21)13-15-30(26(20)32)14-12-17-6-4-5-7-23(17)33-2/h4-11,13,15-16H,3,12,14H2,1-2H3. The lowest BCUT2D eigenvalue weighted by atomic mass is 10.0. The molecule has 5 rings (SSSR count). The lowest BCUT2D eigenvalue weighted by Crippen LogP contribution is -2.21. The molecule has 6 nitrogen and oxygen atoms in total. The monoisotopic (exact) mass is 458 g/mol. The van der Waals surface area contributed by atoms with Crippen LogP contribution in [0.15, 0.2) is 71.8 Å². The maximum atomic E-state index is 13.3. The Morgan fingerprint density at radius 1 is 1.06 bits per heavy atom. The smallest absolute Gasteiger partial charge is 0.261 e. The number of para-hydroxylation sites is 1. The minimum Gasteiger partial charge on any atom is -0.496 e. The van der Waals surface area contributed by atoms with Gasteiger partial charge in [-0.15, -0.1) is 0 Å². The predicted octanol–water partition coefficient (Wildman–Crippen LogP) is 5.18. The third kappa shape index (κ3) is 3.76. The third-order valence-electron chi connectivity index (χ3n) is 5.94. The average molecular weight is 459 g/mol. The maximum absolute atomic E-state index is 13.3. The van der Waals surface area contributed by atoms with E-state index < -0.39 is 0 Å². The first kappa shape index (κ1) is 21.2. The van der Waals surface area contributed by atoms with Crippen LogP contribution in [0.1, 0.15) is 18.2 Å². The van der Waals surface area contributed by atoms with Crippen molar-refractivity contribution in [1.82, 2.24) is 19.2 Å². The van der Waals surface area contributed by atoms with Gasteiger partial charge in [0, 0.05) is 29.5 Å². The first-order chi connectivity index (χ1) is 16.1. The van der Waals surface area contributed by atoms with E-state index in [9.17, 15) is 4.79 Å². The number of halogens is 1. The molecule has 3 heterocycles. The van der Waals surface area contributed by atoms with Crippen LogP contribution in [-0.2, 0) is 19.4 Å². The van der Waals surface area contributed by atoms with E-state index in [0.717, 1.165) is 45.7 Å². The first-order valence-corrected chi connectivity index (χ1v) is 11.3. The minimum atomic E-state index is -0.0848. The van der Waals surface area contributed by atoms with E-state index in [1.165, 1.54) is 0 Å². The molecule has 0 spiro atoms. The molecule has 5 aromatic rings. The summed E-state index contributed by atoms with van der Waals surface area (Å²) < 4.78 is 8.93. The summed E-state index contributed by atoms with van der Waals surface area (Å²) in [6.07, 6.45) is 4.92. The van der Waals surface area contributed by atoms with Gasteiger partial charge in [-0.05, 0) is 48.2 Å². The SMILES string of the molecule is CCc1nn2c(ncc3c(=O)n(CCc4ccccc4OC)ccc32)c1-c1ccc(Cl)cc1. The largest absolute Gasteiger partial charge is 0.496 e. The van der Waals surface area contributed by atoms with Gasteiger partial charge in [0.1, 0.15) is 5.75 Å². The molecule has 33 heavy (non-hydrogen) atoms.